The topological polar surface area (TPSA) is 41.8 Å². The van der Waals surface area contributed by atoms with Crippen molar-refractivity contribution in [2.75, 3.05) is 7.11 Å². The van der Waals surface area contributed by atoms with Crippen molar-refractivity contribution in [2.45, 2.75) is 0 Å². The first-order valence-electron chi connectivity index (χ1n) is 3.29. The molecule has 64 valence electrons. The van der Waals surface area contributed by atoms with Gasteiger partial charge in [0.2, 0.25) is 0 Å². The van der Waals surface area contributed by atoms with Crippen LogP contribution < -0.4 is 0 Å². The third-order valence-electron chi connectivity index (χ3n) is 1.32. The number of halogens is 1. The van der Waals surface area contributed by atoms with Gasteiger partial charge in [-0.05, 0) is 12.1 Å². The summed E-state index contributed by atoms with van der Waals surface area (Å²) in [4.78, 5) is 4.46. The maximum Gasteiger partial charge on any atom is 0.143 e. The number of nitrogens with zero attached hydrogens (tertiary/aromatic N) is 1. The molecule has 0 atom stereocenters. The average Bonchev–Trinajstić information content (AvgIpc) is 2.08. The Kier molecular flexibility index (Phi) is 2.94. The van der Waals surface area contributed by atoms with E-state index < -0.39 is 0 Å². The molecule has 1 N–H and O–H groups in total. The second-order valence-electron chi connectivity index (χ2n) is 2.09. The first-order valence-corrected chi connectivity index (χ1v) is 3.67. The molecule has 0 amide bonds. The van der Waals surface area contributed by atoms with Gasteiger partial charge in [0.05, 0.1) is 11.2 Å². The normalized spacial score (nSPS) is 10.5. The highest BCUT2D eigenvalue weighted by molar-refractivity contribution is 6.32. The number of para-hydroxylation sites is 1. The van der Waals surface area contributed by atoms with E-state index >= 15 is 0 Å². The van der Waals surface area contributed by atoms with Gasteiger partial charge >= 0.3 is 0 Å². The Bertz CT molecular complexity index is 299. The van der Waals surface area contributed by atoms with Gasteiger partial charge < -0.3 is 9.94 Å². The quantitative estimate of drug-likeness (QED) is 0.566. The zero-order valence-electron chi connectivity index (χ0n) is 6.49. The van der Waals surface area contributed by atoms with Crippen molar-refractivity contribution in [3.63, 3.8) is 0 Å². The maximum absolute atomic E-state index is 9.35. The van der Waals surface area contributed by atoms with Crippen molar-refractivity contribution in [1.82, 2.24) is 0 Å². The van der Waals surface area contributed by atoms with E-state index in [2.05, 4.69) is 9.99 Å². The largest absolute Gasteiger partial charge is 0.506 e. The van der Waals surface area contributed by atoms with Crippen LogP contribution in [0.25, 0.3) is 0 Å². The third-order valence-corrected chi connectivity index (χ3v) is 1.62. The minimum Gasteiger partial charge on any atom is -0.506 e. The molecule has 1 aromatic carbocycles. The summed E-state index contributed by atoms with van der Waals surface area (Å²) >= 11 is 5.64. The molecule has 0 unspecified atom stereocenters. The summed E-state index contributed by atoms with van der Waals surface area (Å²) < 4.78 is 0. The van der Waals surface area contributed by atoms with Crippen molar-refractivity contribution < 1.29 is 9.94 Å². The van der Waals surface area contributed by atoms with E-state index in [1.165, 1.54) is 13.3 Å². The lowest BCUT2D eigenvalue weighted by molar-refractivity contribution is 0.215. The fourth-order valence-corrected chi connectivity index (χ4v) is 0.928. The Hall–Kier alpha value is -1.22. The summed E-state index contributed by atoms with van der Waals surface area (Å²) in [5.74, 6) is 0.0139. The van der Waals surface area contributed by atoms with Gasteiger partial charge in [0.25, 0.3) is 0 Å². The number of aromatic hydroxyl groups is 1. The molecule has 0 aromatic heterocycles. The number of oxime groups is 1. The van der Waals surface area contributed by atoms with Crippen LogP contribution in [0.1, 0.15) is 5.56 Å². The summed E-state index contributed by atoms with van der Waals surface area (Å²) in [7, 11) is 1.43. The minimum atomic E-state index is 0.0139. The van der Waals surface area contributed by atoms with Gasteiger partial charge in [-0.1, -0.05) is 22.8 Å². The minimum absolute atomic E-state index is 0.0139. The summed E-state index contributed by atoms with van der Waals surface area (Å²) in [5, 5.41) is 13.1. The number of rotatable bonds is 2. The number of hydrogen-bond acceptors (Lipinski definition) is 3. The van der Waals surface area contributed by atoms with Crippen LogP contribution in [0.15, 0.2) is 23.4 Å². The van der Waals surface area contributed by atoms with Gasteiger partial charge in [-0.2, -0.15) is 0 Å². The molecule has 1 aromatic rings. The van der Waals surface area contributed by atoms with E-state index in [1.807, 2.05) is 0 Å². The Labute approximate surface area is 75.2 Å². The smallest absolute Gasteiger partial charge is 0.143 e. The van der Waals surface area contributed by atoms with Crippen LogP contribution in [0, 0.1) is 0 Å². The molecular weight excluding hydrogens is 178 g/mol. The maximum atomic E-state index is 9.35. The number of hydrogen-bond donors (Lipinski definition) is 1. The number of phenolic OH excluding ortho intramolecular Hbond substituents is 1. The van der Waals surface area contributed by atoms with Gasteiger partial charge in [0, 0.05) is 5.56 Å². The lowest BCUT2D eigenvalue weighted by Gasteiger charge is -1.98. The highest BCUT2D eigenvalue weighted by Crippen LogP contribution is 2.25. The van der Waals surface area contributed by atoms with E-state index in [9.17, 15) is 5.11 Å². The number of phenols is 1. The molecule has 0 saturated heterocycles. The van der Waals surface area contributed by atoms with Gasteiger partial charge in [-0.3, -0.25) is 0 Å². The summed E-state index contributed by atoms with van der Waals surface area (Å²) in [5.41, 5.74) is 0.532. The monoisotopic (exact) mass is 185 g/mol. The molecule has 0 spiro atoms. The van der Waals surface area contributed by atoms with Crippen LogP contribution in [-0.4, -0.2) is 18.4 Å². The van der Waals surface area contributed by atoms with E-state index in [-0.39, 0.29) is 5.75 Å². The molecule has 0 aliphatic heterocycles. The van der Waals surface area contributed by atoms with Crippen molar-refractivity contribution >= 4 is 17.8 Å². The molecule has 0 aliphatic rings. The number of benzene rings is 1. The molecule has 0 radical (unpaired) electrons. The van der Waals surface area contributed by atoms with E-state index in [4.69, 9.17) is 11.6 Å². The SMILES string of the molecule is CO/N=C/c1cccc(Cl)c1O. The van der Waals surface area contributed by atoms with Gasteiger partial charge in [0.1, 0.15) is 12.9 Å². The van der Waals surface area contributed by atoms with Crippen molar-refractivity contribution in [2.24, 2.45) is 5.16 Å². The fourth-order valence-electron chi connectivity index (χ4n) is 0.746. The first-order chi connectivity index (χ1) is 5.75. The van der Waals surface area contributed by atoms with E-state index in [0.29, 0.717) is 10.6 Å². The highest BCUT2D eigenvalue weighted by Gasteiger charge is 2.01. The van der Waals surface area contributed by atoms with Crippen LogP contribution >= 0.6 is 11.6 Å². The zero-order chi connectivity index (χ0) is 8.97. The molecule has 12 heavy (non-hydrogen) atoms. The lowest BCUT2D eigenvalue weighted by Crippen LogP contribution is -1.83. The van der Waals surface area contributed by atoms with Crippen LogP contribution in [0.5, 0.6) is 5.75 Å². The third kappa shape index (κ3) is 1.89. The molecule has 0 bridgehead atoms. The Morgan fingerprint density at radius 3 is 3.00 bits per heavy atom. The van der Waals surface area contributed by atoms with Crippen LogP contribution in [0.3, 0.4) is 0 Å². The van der Waals surface area contributed by atoms with E-state index in [1.54, 1.807) is 18.2 Å². The Morgan fingerprint density at radius 1 is 1.58 bits per heavy atom. The van der Waals surface area contributed by atoms with Gasteiger partial charge in [-0.15, -0.1) is 0 Å². The molecule has 4 heteroatoms. The van der Waals surface area contributed by atoms with Crippen molar-refractivity contribution in [1.29, 1.82) is 0 Å². The average molecular weight is 186 g/mol. The molecule has 1 rings (SSSR count). The predicted molar refractivity (Wildman–Crippen MR) is 47.7 cm³/mol. The lowest BCUT2D eigenvalue weighted by atomic mass is 10.2. The zero-order valence-corrected chi connectivity index (χ0v) is 7.25. The molecular formula is C8H8ClNO2. The predicted octanol–water partition coefficient (Wildman–Crippen LogP) is 2.03. The van der Waals surface area contributed by atoms with Crippen molar-refractivity contribution in [3.05, 3.63) is 28.8 Å². The molecule has 0 heterocycles. The van der Waals surface area contributed by atoms with Gasteiger partial charge in [0.15, 0.2) is 0 Å². The summed E-state index contributed by atoms with van der Waals surface area (Å²) in [6.07, 6.45) is 1.39. The van der Waals surface area contributed by atoms with Crippen molar-refractivity contribution in [3.8, 4) is 5.75 Å². The van der Waals surface area contributed by atoms with Crippen LogP contribution in [-0.2, 0) is 4.84 Å². The first kappa shape index (κ1) is 8.87. The van der Waals surface area contributed by atoms with Crippen LogP contribution in [0.2, 0.25) is 5.02 Å². The fraction of sp³-hybridized carbons (Fsp3) is 0.125. The van der Waals surface area contributed by atoms with Gasteiger partial charge in [-0.25, -0.2) is 0 Å². The standard InChI is InChI=1S/C8H8ClNO2/c1-12-10-5-6-3-2-4-7(9)8(6)11/h2-5,11H,1H3/b10-5+. The van der Waals surface area contributed by atoms with E-state index in [0.717, 1.165) is 0 Å². The molecule has 3 nitrogen and oxygen atoms in total. The molecule has 0 saturated carbocycles. The summed E-state index contributed by atoms with van der Waals surface area (Å²) in [6, 6.07) is 5.00. The highest BCUT2D eigenvalue weighted by atomic mass is 35.5. The van der Waals surface area contributed by atoms with Crippen LogP contribution in [0.4, 0.5) is 0 Å². The Morgan fingerprint density at radius 2 is 2.33 bits per heavy atom. The Balaban J connectivity index is 3.00. The molecule has 0 fully saturated rings. The second kappa shape index (κ2) is 3.97. The summed E-state index contributed by atoms with van der Waals surface area (Å²) in [6.45, 7) is 0. The molecule has 0 aliphatic carbocycles. The second-order valence-corrected chi connectivity index (χ2v) is 2.50.